The zero-order valence-electron chi connectivity index (χ0n) is 16.3. The van der Waals surface area contributed by atoms with E-state index in [1.54, 1.807) is 19.4 Å². The van der Waals surface area contributed by atoms with Crippen molar-refractivity contribution in [2.45, 2.75) is 57.8 Å². The lowest BCUT2D eigenvalue weighted by molar-refractivity contribution is 0.140. The average Bonchev–Trinajstić information content (AvgIpc) is 2.61. The molecule has 1 saturated heterocycles. The number of hydrogen-bond donors (Lipinski definition) is 3. The fourth-order valence-electron chi connectivity index (χ4n) is 3.56. The highest BCUT2D eigenvalue weighted by Gasteiger charge is 2.26. The van der Waals surface area contributed by atoms with Crippen molar-refractivity contribution in [3.8, 4) is 6.07 Å². The zero-order valence-corrected chi connectivity index (χ0v) is 16.3. The smallest absolute Gasteiger partial charge is 0.223 e. The van der Waals surface area contributed by atoms with E-state index in [0.29, 0.717) is 36.2 Å². The summed E-state index contributed by atoms with van der Waals surface area (Å²) in [5, 5.41) is 20.3. The molecule has 8 heteroatoms. The van der Waals surface area contributed by atoms with Crippen molar-refractivity contribution in [2.24, 2.45) is 0 Å². The van der Waals surface area contributed by atoms with Crippen LogP contribution in [0.3, 0.4) is 0 Å². The number of anilines is 2. The van der Waals surface area contributed by atoms with Crippen LogP contribution in [-0.2, 0) is 4.74 Å². The number of fused-ring (bicyclic) bond motifs is 1. The standard InChI is InChI=1S/C19H27N7O/c1-11(2)22-18-17-13(6-15(8-20)24-18)9-21-19(26-17)25-14-5-12(3)23-16(7-14)10-27-4/h6,9,11-12,14,16,23H,5,7,10H2,1-4H3,(H,22,24)(H,21,25,26)/t12?,14-,16+/m1/s1. The summed E-state index contributed by atoms with van der Waals surface area (Å²) < 4.78 is 5.30. The van der Waals surface area contributed by atoms with Crippen LogP contribution in [-0.4, -0.2) is 52.8 Å². The molecule has 3 N–H and O–H groups in total. The molecule has 1 unspecified atom stereocenters. The second-order valence-electron chi connectivity index (χ2n) is 7.43. The van der Waals surface area contributed by atoms with E-state index in [0.717, 1.165) is 23.7 Å². The predicted molar refractivity (Wildman–Crippen MR) is 106 cm³/mol. The lowest BCUT2D eigenvalue weighted by Crippen LogP contribution is -2.50. The monoisotopic (exact) mass is 369 g/mol. The zero-order chi connectivity index (χ0) is 19.4. The van der Waals surface area contributed by atoms with Crippen molar-refractivity contribution in [1.82, 2.24) is 20.3 Å². The molecule has 0 radical (unpaired) electrons. The number of nitrogens with zero attached hydrogens (tertiary/aromatic N) is 4. The molecule has 0 spiro atoms. The van der Waals surface area contributed by atoms with E-state index in [9.17, 15) is 5.26 Å². The molecule has 3 atom stereocenters. The number of ether oxygens (including phenoxy) is 1. The van der Waals surface area contributed by atoms with Crippen molar-refractivity contribution >= 4 is 22.7 Å². The lowest BCUT2D eigenvalue weighted by atomic mass is 9.95. The van der Waals surface area contributed by atoms with Crippen molar-refractivity contribution < 1.29 is 4.74 Å². The Labute approximate surface area is 159 Å². The fraction of sp³-hybridized carbons (Fsp3) is 0.579. The first-order valence-electron chi connectivity index (χ1n) is 9.34. The van der Waals surface area contributed by atoms with Gasteiger partial charge in [0.25, 0.3) is 0 Å². The summed E-state index contributed by atoms with van der Waals surface area (Å²) in [5.41, 5.74) is 1.07. The summed E-state index contributed by atoms with van der Waals surface area (Å²) in [6.07, 6.45) is 3.68. The van der Waals surface area contributed by atoms with Gasteiger partial charge in [-0.2, -0.15) is 5.26 Å². The molecule has 0 bridgehead atoms. The molecular weight excluding hydrogens is 342 g/mol. The second kappa shape index (κ2) is 8.46. The van der Waals surface area contributed by atoms with Crippen LogP contribution in [0.25, 0.3) is 10.9 Å². The molecular formula is C19H27N7O. The van der Waals surface area contributed by atoms with Crippen LogP contribution in [0, 0.1) is 11.3 Å². The van der Waals surface area contributed by atoms with E-state index in [4.69, 9.17) is 4.74 Å². The third-order valence-corrected chi connectivity index (χ3v) is 4.53. The first-order valence-corrected chi connectivity index (χ1v) is 9.34. The molecule has 1 aliphatic heterocycles. The number of piperidine rings is 1. The number of nitrogens with one attached hydrogen (secondary N) is 3. The first-order chi connectivity index (χ1) is 13.0. The largest absolute Gasteiger partial charge is 0.383 e. The minimum atomic E-state index is 0.182. The highest BCUT2D eigenvalue weighted by atomic mass is 16.5. The number of pyridine rings is 1. The molecule has 0 aliphatic carbocycles. The second-order valence-corrected chi connectivity index (χ2v) is 7.43. The van der Waals surface area contributed by atoms with Gasteiger partial charge in [0.15, 0.2) is 5.82 Å². The van der Waals surface area contributed by atoms with Gasteiger partial charge in [-0.3, -0.25) is 0 Å². The maximum atomic E-state index is 9.21. The minimum absolute atomic E-state index is 0.182. The summed E-state index contributed by atoms with van der Waals surface area (Å²) in [6, 6.07) is 4.97. The number of methoxy groups -OCH3 is 1. The van der Waals surface area contributed by atoms with Crippen LogP contribution in [0.15, 0.2) is 12.3 Å². The van der Waals surface area contributed by atoms with Gasteiger partial charge in [-0.25, -0.2) is 15.0 Å². The van der Waals surface area contributed by atoms with Crippen LogP contribution in [0.5, 0.6) is 0 Å². The van der Waals surface area contributed by atoms with Crippen LogP contribution >= 0.6 is 0 Å². The quantitative estimate of drug-likeness (QED) is 0.712. The molecule has 144 valence electrons. The van der Waals surface area contributed by atoms with E-state index in [-0.39, 0.29) is 12.1 Å². The van der Waals surface area contributed by atoms with Gasteiger partial charge in [-0.05, 0) is 39.7 Å². The third-order valence-electron chi connectivity index (χ3n) is 4.53. The first kappa shape index (κ1) is 19.3. The van der Waals surface area contributed by atoms with Crippen LogP contribution in [0.1, 0.15) is 39.3 Å². The number of nitriles is 1. The number of aromatic nitrogens is 3. The van der Waals surface area contributed by atoms with E-state index < -0.39 is 0 Å². The van der Waals surface area contributed by atoms with Gasteiger partial charge < -0.3 is 20.7 Å². The molecule has 8 nitrogen and oxygen atoms in total. The molecule has 1 fully saturated rings. The summed E-state index contributed by atoms with van der Waals surface area (Å²) in [4.78, 5) is 13.5. The van der Waals surface area contributed by atoms with Crippen molar-refractivity contribution in [1.29, 1.82) is 5.26 Å². The SMILES string of the molecule is COC[C@@H]1C[C@H](Nc2ncc3cc(C#N)nc(NC(C)C)c3n2)CC(C)N1. The molecule has 27 heavy (non-hydrogen) atoms. The average molecular weight is 369 g/mol. The van der Waals surface area contributed by atoms with Gasteiger partial charge >= 0.3 is 0 Å². The highest BCUT2D eigenvalue weighted by Crippen LogP contribution is 2.23. The number of rotatable bonds is 6. The summed E-state index contributed by atoms with van der Waals surface area (Å²) in [6.45, 7) is 6.92. The Morgan fingerprint density at radius 3 is 2.89 bits per heavy atom. The molecule has 2 aromatic rings. The van der Waals surface area contributed by atoms with Crippen molar-refractivity contribution in [3.63, 3.8) is 0 Å². The lowest BCUT2D eigenvalue weighted by Gasteiger charge is -2.34. The van der Waals surface area contributed by atoms with Gasteiger partial charge in [0.1, 0.15) is 17.3 Å². The molecule has 2 aromatic heterocycles. The summed E-state index contributed by atoms with van der Waals surface area (Å²) in [5.74, 6) is 1.19. The molecule has 3 heterocycles. The Hall–Kier alpha value is -2.50. The Morgan fingerprint density at radius 2 is 2.19 bits per heavy atom. The van der Waals surface area contributed by atoms with Gasteiger partial charge in [0.2, 0.25) is 5.95 Å². The van der Waals surface area contributed by atoms with E-state index in [1.807, 2.05) is 13.8 Å². The summed E-state index contributed by atoms with van der Waals surface area (Å²) in [7, 11) is 1.72. The molecule has 0 saturated carbocycles. The maximum Gasteiger partial charge on any atom is 0.223 e. The topological polar surface area (TPSA) is 108 Å². The van der Waals surface area contributed by atoms with E-state index in [2.05, 4.69) is 43.9 Å². The Balaban J connectivity index is 1.86. The molecule has 1 aliphatic rings. The van der Waals surface area contributed by atoms with E-state index in [1.165, 1.54) is 0 Å². The van der Waals surface area contributed by atoms with Gasteiger partial charge in [-0.1, -0.05) is 0 Å². The Kier molecular flexibility index (Phi) is 6.04. The molecule has 3 rings (SSSR count). The van der Waals surface area contributed by atoms with Crippen LogP contribution in [0.2, 0.25) is 0 Å². The van der Waals surface area contributed by atoms with Crippen LogP contribution < -0.4 is 16.0 Å². The van der Waals surface area contributed by atoms with Gasteiger partial charge in [0.05, 0.1) is 6.61 Å². The predicted octanol–water partition coefficient (Wildman–Crippen LogP) is 2.28. The van der Waals surface area contributed by atoms with Crippen LogP contribution in [0.4, 0.5) is 11.8 Å². The van der Waals surface area contributed by atoms with Crippen molar-refractivity contribution in [2.75, 3.05) is 24.4 Å². The molecule has 0 amide bonds. The van der Waals surface area contributed by atoms with Gasteiger partial charge in [-0.15, -0.1) is 0 Å². The highest BCUT2D eigenvalue weighted by molar-refractivity contribution is 5.89. The van der Waals surface area contributed by atoms with E-state index >= 15 is 0 Å². The number of hydrogen-bond acceptors (Lipinski definition) is 8. The van der Waals surface area contributed by atoms with Crippen molar-refractivity contribution in [3.05, 3.63) is 18.0 Å². The maximum absolute atomic E-state index is 9.21. The Morgan fingerprint density at radius 1 is 1.37 bits per heavy atom. The van der Waals surface area contributed by atoms with Gasteiger partial charge in [0, 0.05) is 42.9 Å². The normalized spacial score (nSPS) is 22.6. The fourth-order valence-corrected chi connectivity index (χ4v) is 3.56. The minimum Gasteiger partial charge on any atom is -0.383 e. The summed E-state index contributed by atoms with van der Waals surface area (Å²) >= 11 is 0. The third kappa shape index (κ3) is 4.81. The molecule has 0 aromatic carbocycles. The Bertz CT molecular complexity index is 833.